The molecule has 1 aromatic rings. The topological polar surface area (TPSA) is 53.5 Å². The summed E-state index contributed by atoms with van der Waals surface area (Å²) in [6.45, 7) is 8.77. The molecule has 0 aliphatic carbocycles. The Hall–Kier alpha value is -1.36. The predicted molar refractivity (Wildman–Crippen MR) is 96.6 cm³/mol. The highest BCUT2D eigenvalue weighted by molar-refractivity contribution is 7.84. The number of benzene rings is 1. The Labute approximate surface area is 137 Å². The van der Waals surface area contributed by atoms with E-state index in [2.05, 4.69) is 29.5 Å². The van der Waals surface area contributed by atoms with Crippen LogP contribution in [-0.4, -0.2) is 35.6 Å². The molecular weight excluding hydrogens is 294 g/mol. The van der Waals surface area contributed by atoms with Crippen molar-refractivity contribution < 1.29 is 4.21 Å². The van der Waals surface area contributed by atoms with Gasteiger partial charge in [0.15, 0.2) is 5.96 Å². The fraction of sp³-hybridized carbons (Fsp3) is 0.588. The number of guanidine groups is 1. The summed E-state index contributed by atoms with van der Waals surface area (Å²) < 4.78 is 12.1. The molecule has 0 aliphatic heterocycles. The molecule has 0 heterocycles. The Bertz CT molecular complexity index is 460. The minimum Gasteiger partial charge on any atom is -0.357 e. The lowest BCUT2D eigenvalue weighted by molar-refractivity contribution is 0.594. The van der Waals surface area contributed by atoms with Gasteiger partial charge in [0.1, 0.15) is 0 Å². The van der Waals surface area contributed by atoms with Gasteiger partial charge in [-0.3, -0.25) is 9.20 Å². The molecule has 0 saturated heterocycles. The van der Waals surface area contributed by atoms with E-state index in [0.717, 1.165) is 31.0 Å². The molecule has 0 amide bonds. The van der Waals surface area contributed by atoms with Crippen LogP contribution in [0, 0.1) is 5.92 Å². The third kappa shape index (κ3) is 8.82. The molecule has 1 unspecified atom stereocenters. The summed E-state index contributed by atoms with van der Waals surface area (Å²) in [7, 11) is -0.850. The Kier molecular flexibility index (Phi) is 9.55. The zero-order valence-corrected chi connectivity index (χ0v) is 14.8. The van der Waals surface area contributed by atoms with Gasteiger partial charge in [-0.1, -0.05) is 44.2 Å². The summed E-state index contributed by atoms with van der Waals surface area (Å²) in [5.74, 6) is 2.72. The van der Waals surface area contributed by atoms with Crippen LogP contribution in [0.1, 0.15) is 32.8 Å². The van der Waals surface area contributed by atoms with Crippen molar-refractivity contribution >= 4 is 16.8 Å². The van der Waals surface area contributed by atoms with Gasteiger partial charge in [0.25, 0.3) is 0 Å². The van der Waals surface area contributed by atoms with Crippen LogP contribution in [0.15, 0.2) is 35.3 Å². The first kappa shape index (κ1) is 18.7. The molecule has 0 aromatic heterocycles. The van der Waals surface area contributed by atoms with Crippen molar-refractivity contribution in [2.45, 2.75) is 32.9 Å². The van der Waals surface area contributed by atoms with Crippen LogP contribution >= 0.6 is 0 Å². The summed E-state index contributed by atoms with van der Waals surface area (Å²) in [5.41, 5.74) is 1.12. The number of nitrogens with one attached hydrogen (secondary N) is 2. The van der Waals surface area contributed by atoms with Crippen LogP contribution in [0.4, 0.5) is 0 Å². The molecule has 22 heavy (non-hydrogen) atoms. The van der Waals surface area contributed by atoms with Crippen molar-refractivity contribution in [2.75, 3.05) is 25.4 Å². The number of aliphatic imine (C=N–C) groups is 1. The Morgan fingerprint density at radius 3 is 2.59 bits per heavy atom. The fourth-order valence-electron chi connectivity index (χ4n) is 1.89. The molecule has 1 atom stereocenters. The van der Waals surface area contributed by atoms with Gasteiger partial charge in [-0.15, -0.1) is 0 Å². The average Bonchev–Trinajstić information content (AvgIpc) is 2.48. The zero-order chi connectivity index (χ0) is 16.2. The van der Waals surface area contributed by atoms with Crippen molar-refractivity contribution in [1.82, 2.24) is 10.6 Å². The Balaban J connectivity index is 2.31. The van der Waals surface area contributed by atoms with Gasteiger partial charge < -0.3 is 10.6 Å². The molecule has 124 valence electrons. The van der Waals surface area contributed by atoms with Crippen molar-refractivity contribution in [2.24, 2.45) is 10.9 Å². The maximum Gasteiger partial charge on any atom is 0.191 e. The van der Waals surface area contributed by atoms with E-state index in [0.29, 0.717) is 24.0 Å². The molecule has 1 aromatic carbocycles. The molecule has 0 radical (unpaired) electrons. The van der Waals surface area contributed by atoms with Gasteiger partial charge in [0.2, 0.25) is 0 Å². The molecule has 2 N–H and O–H groups in total. The number of hydrogen-bond donors (Lipinski definition) is 2. The smallest absolute Gasteiger partial charge is 0.191 e. The molecule has 4 nitrogen and oxygen atoms in total. The minimum absolute atomic E-state index is 0.615. The van der Waals surface area contributed by atoms with Crippen LogP contribution in [-0.2, 0) is 16.6 Å². The number of nitrogens with zero attached hydrogens (tertiary/aromatic N) is 1. The summed E-state index contributed by atoms with van der Waals surface area (Å²) in [4.78, 5) is 4.53. The van der Waals surface area contributed by atoms with E-state index in [1.54, 1.807) is 0 Å². The second kappa shape index (κ2) is 11.2. The summed E-state index contributed by atoms with van der Waals surface area (Å²) in [6.07, 6.45) is 1.08. The molecule has 0 bridgehead atoms. The molecule has 5 heteroatoms. The largest absolute Gasteiger partial charge is 0.357 e. The monoisotopic (exact) mass is 323 g/mol. The highest BCUT2D eigenvalue weighted by Gasteiger charge is 2.03. The first-order valence-corrected chi connectivity index (χ1v) is 9.51. The Morgan fingerprint density at radius 2 is 1.95 bits per heavy atom. The maximum absolute atomic E-state index is 12.1. The highest BCUT2D eigenvalue weighted by Crippen LogP contribution is 2.02. The van der Waals surface area contributed by atoms with Crippen LogP contribution in [0.3, 0.4) is 0 Å². The van der Waals surface area contributed by atoms with Gasteiger partial charge in [-0.2, -0.15) is 0 Å². The number of rotatable bonds is 9. The first-order chi connectivity index (χ1) is 10.6. The molecule has 0 fully saturated rings. The lowest BCUT2D eigenvalue weighted by atomic mass is 10.1. The zero-order valence-electron chi connectivity index (χ0n) is 14.0. The fourth-order valence-corrected chi connectivity index (χ4v) is 2.93. The molecule has 1 rings (SSSR count). The van der Waals surface area contributed by atoms with Gasteiger partial charge >= 0.3 is 0 Å². The van der Waals surface area contributed by atoms with E-state index >= 15 is 0 Å². The normalized spacial score (nSPS) is 13.2. The van der Waals surface area contributed by atoms with E-state index in [1.165, 1.54) is 0 Å². The summed E-state index contributed by atoms with van der Waals surface area (Å²) in [6, 6.07) is 9.97. The van der Waals surface area contributed by atoms with Crippen molar-refractivity contribution in [3.05, 3.63) is 35.9 Å². The molecule has 0 aliphatic rings. The minimum atomic E-state index is -0.850. The van der Waals surface area contributed by atoms with Crippen molar-refractivity contribution in [3.63, 3.8) is 0 Å². The van der Waals surface area contributed by atoms with Crippen LogP contribution < -0.4 is 10.6 Å². The van der Waals surface area contributed by atoms with Crippen LogP contribution in [0.2, 0.25) is 0 Å². The van der Waals surface area contributed by atoms with Crippen molar-refractivity contribution in [3.8, 4) is 0 Å². The third-order valence-corrected chi connectivity index (χ3v) is 4.43. The second-order valence-electron chi connectivity index (χ2n) is 5.64. The van der Waals surface area contributed by atoms with Gasteiger partial charge in [0, 0.05) is 41.9 Å². The summed E-state index contributed by atoms with van der Waals surface area (Å²) in [5, 5.41) is 6.48. The number of hydrogen-bond acceptors (Lipinski definition) is 2. The van der Waals surface area contributed by atoms with Crippen LogP contribution in [0.5, 0.6) is 0 Å². The standard InChI is InChI=1S/C17H29N3OS/c1-4-18-17(19-11-10-15(2)3)20-12-13-22(21)14-16-8-6-5-7-9-16/h5-9,15H,4,10-14H2,1-3H3,(H2,18,19,20). The average molecular weight is 324 g/mol. The van der Waals surface area contributed by atoms with E-state index in [9.17, 15) is 4.21 Å². The quantitative estimate of drug-likeness (QED) is 0.542. The second-order valence-corrected chi connectivity index (χ2v) is 7.22. The first-order valence-electron chi connectivity index (χ1n) is 8.03. The molecule has 0 spiro atoms. The van der Waals surface area contributed by atoms with Gasteiger partial charge in [-0.25, -0.2) is 0 Å². The van der Waals surface area contributed by atoms with Crippen LogP contribution in [0.25, 0.3) is 0 Å². The van der Waals surface area contributed by atoms with E-state index in [4.69, 9.17) is 0 Å². The SMILES string of the molecule is CCNC(=NCCC(C)C)NCCS(=O)Cc1ccccc1. The Morgan fingerprint density at radius 1 is 1.23 bits per heavy atom. The molecular formula is C17H29N3OS. The van der Waals surface area contributed by atoms with E-state index in [1.807, 2.05) is 37.3 Å². The van der Waals surface area contributed by atoms with Gasteiger partial charge in [-0.05, 0) is 24.8 Å². The third-order valence-electron chi connectivity index (χ3n) is 3.11. The lowest BCUT2D eigenvalue weighted by Gasteiger charge is -2.11. The maximum atomic E-state index is 12.1. The van der Waals surface area contributed by atoms with Gasteiger partial charge in [0.05, 0.1) is 0 Å². The predicted octanol–water partition coefficient (Wildman–Crippen LogP) is 2.54. The van der Waals surface area contributed by atoms with Crippen molar-refractivity contribution in [1.29, 1.82) is 0 Å². The lowest BCUT2D eigenvalue weighted by Crippen LogP contribution is -2.39. The summed E-state index contributed by atoms with van der Waals surface area (Å²) >= 11 is 0. The highest BCUT2D eigenvalue weighted by atomic mass is 32.2. The van der Waals surface area contributed by atoms with E-state index < -0.39 is 10.8 Å². The molecule has 0 saturated carbocycles. The van der Waals surface area contributed by atoms with E-state index in [-0.39, 0.29) is 0 Å².